The maximum atomic E-state index is 2.22. The molecule has 13 heavy (non-hydrogen) atoms. The van der Waals surface area contributed by atoms with Gasteiger partial charge in [0.15, 0.2) is 0 Å². The summed E-state index contributed by atoms with van der Waals surface area (Å²) in [6, 6.07) is 0. The third kappa shape index (κ3) is 118. The molecule has 0 aliphatic heterocycles. The molecule has 0 atom stereocenters. The van der Waals surface area contributed by atoms with Gasteiger partial charge in [-0.2, -0.15) is 11.8 Å². The molecule has 0 saturated heterocycles. The molecule has 0 radical (unpaired) electrons. The lowest BCUT2D eigenvalue weighted by molar-refractivity contribution is 0.626. The van der Waals surface area contributed by atoms with Gasteiger partial charge in [0.25, 0.3) is 0 Å². The van der Waals surface area contributed by atoms with Crippen LogP contribution in [0.3, 0.4) is 0 Å². The first kappa shape index (κ1) is 19.0. The quantitative estimate of drug-likeness (QED) is 0.607. The van der Waals surface area contributed by atoms with Crippen molar-refractivity contribution in [2.75, 3.05) is 12.0 Å². The van der Waals surface area contributed by atoms with Gasteiger partial charge in [-0.3, -0.25) is 0 Å². The van der Waals surface area contributed by atoms with Crippen LogP contribution >= 0.6 is 11.8 Å². The first-order chi connectivity index (χ1) is 5.92. The van der Waals surface area contributed by atoms with E-state index in [2.05, 4.69) is 54.7 Å². The fourth-order valence-corrected chi connectivity index (χ4v) is 0. The fourth-order valence-electron chi connectivity index (χ4n) is 0. The molecule has 0 aromatic carbocycles. The zero-order valence-electron chi connectivity index (χ0n) is 11.0. The summed E-state index contributed by atoms with van der Waals surface area (Å²) in [6.07, 6.45) is 3.40. The van der Waals surface area contributed by atoms with E-state index >= 15 is 0 Å². The third-order valence-corrected chi connectivity index (χ3v) is 1.68. The summed E-state index contributed by atoms with van der Waals surface area (Å²) in [4.78, 5) is 0. The van der Waals surface area contributed by atoms with Gasteiger partial charge in [0.2, 0.25) is 0 Å². The summed E-state index contributed by atoms with van der Waals surface area (Å²) in [7, 11) is 0. The van der Waals surface area contributed by atoms with Gasteiger partial charge in [-0.1, -0.05) is 54.9 Å². The van der Waals surface area contributed by atoms with Crippen LogP contribution < -0.4 is 0 Å². The zero-order valence-corrected chi connectivity index (χ0v) is 11.8. The van der Waals surface area contributed by atoms with E-state index < -0.39 is 0 Å². The van der Waals surface area contributed by atoms with Crippen LogP contribution in [0.2, 0.25) is 0 Å². The van der Waals surface area contributed by atoms with Gasteiger partial charge in [-0.05, 0) is 23.8 Å². The first-order valence-corrected chi connectivity index (χ1v) is 6.80. The van der Waals surface area contributed by atoms with Crippen molar-refractivity contribution in [3.63, 3.8) is 0 Å². The van der Waals surface area contributed by atoms with Crippen LogP contribution in [0.25, 0.3) is 0 Å². The van der Waals surface area contributed by atoms with Crippen molar-refractivity contribution in [3.8, 4) is 0 Å². The van der Waals surface area contributed by atoms with E-state index in [1.807, 2.05) is 11.8 Å². The zero-order chi connectivity index (χ0) is 11.3. The number of rotatable bonds is 2. The second kappa shape index (κ2) is 18.2. The molecular weight excluding hydrogens is 176 g/mol. The van der Waals surface area contributed by atoms with Gasteiger partial charge in [-0.15, -0.1) is 0 Å². The van der Waals surface area contributed by atoms with Gasteiger partial charge in [0.1, 0.15) is 0 Å². The highest BCUT2D eigenvalue weighted by Crippen LogP contribution is 1.93. The van der Waals surface area contributed by atoms with Gasteiger partial charge in [-0.25, -0.2) is 0 Å². The Bertz CT molecular complexity index is 53.4. The van der Waals surface area contributed by atoms with E-state index in [4.69, 9.17) is 0 Å². The van der Waals surface area contributed by atoms with Crippen LogP contribution in [0.4, 0.5) is 0 Å². The molecule has 0 amide bonds. The summed E-state index contributed by atoms with van der Waals surface area (Å²) >= 11 is 1.86. The SMILES string of the molecule is CC(C)C.CCC(C)C.CCSC. The molecule has 0 heterocycles. The van der Waals surface area contributed by atoms with E-state index in [1.54, 1.807) is 0 Å². The Morgan fingerprint density at radius 2 is 1.08 bits per heavy atom. The highest BCUT2D eigenvalue weighted by atomic mass is 32.2. The molecule has 0 spiro atoms. The van der Waals surface area contributed by atoms with Gasteiger partial charge >= 0.3 is 0 Å². The molecule has 0 fully saturated rings. The molecule has 84 valence electrons. The maximum Gasteiger partial charge on any atom is -0.00988 e. The van der Waals surface area contributed by atoms with Gasteiger partial charge < -0.3 is 0 Å². The van der Waals surface area contributed by atoms with E-state index in [0.29, 0.717) is 0 Å². The predicted molar refractivity (Wildman–Crippen MR) is 69.7 cm³/mol. The first-order valence-electron chi connectivity index (χ1n) is 5.41. The molecule has 0 bridgehead atoms. The van der Waals surface area contributed by atoms with Gasteiger partial charge in [0.05, 0.1) is 0 Å². The molecule has 0 aliphatic rings. The normalized spacial score (nSPS) is 8.77. The largest absolute Gasteiger partial charge is 0.166 e. The Hall–Kier alpha value is 0.350. The van der Waals surface area contributed by atoms with Crippen LogP contribution in [-0.2, 0) is 0 Å². The van der Waals surface area contributed by atoms with Crippen molar-refractivity contribution in [1.82, 2.24) is 0 Å². The van der Waals surface area contributed by atoms with Crippen molar-refractivity contribution >= 4 is 11.8 Å². The van der Waals surface area contributed by atoms with Crippen molar-refractivity contribution in [3.05, 3.63) is 0 Å². The average molecular weight is 206 g/mol. The van der Waals surface area contributed by atoms with E-state index in [1.165, 1.54) is 12.2 Å². The highest BCUT2D eigenvalue weighted by molar-refractivity contribution is 7.98. The molecule has 0 saturated carbocycles. The monoisotopic (exact) mass is 206 g/mol. The fraction of sp³-hybridized carbons (Fsp3) is 1.00. The molecule has 0 rings (SSSR count). The van der Waals surface area contributed by atoms with E-state index in [-0.39, 0.29) is 0 Å². The van der Waals surface area contributed by atoms with Crippen LogP contribution in [0.15, 0.2) is 0 Å². The Kier molecular flexibility index (Phi) is 26.6. The van der Waals surface area contributed by atoms with Crippen molar-refractivity contribution < 1.29 is 0 Å². The number of hydrogen-bond donors (Lipinski definition) is 0. The number of hydrogen-bond acceptors (Lipinski definition) is 1. The summed E-state index contributed by atoms with van der Waals surface area (Å²) in [6.45, 7) is 15.3. The Morgan fingerprint density at radius 3 is 1.08 bits per heavy atom. The Labute approximate surface area is 90.9 Å². The second-order valence-corrected chi connectivity index (χ2v) is 5.27. The number of thioether (sulfide) groups is 1. The molecule has 0 nitrogen and oxygen atoms in total. The van der Waals surface area contributed by atoms with Gasteiger partial charge in [0, 0.05) is 0 Å². The van der Waals surface area contributed by atoms with E-state index in [9.17, 15) is 0 Å². The highest BCUT2D eigenvalue weighted by Gasteiger charge is 1.80. The van der Waals surface area contributed by atoms with Crippen LogP contribution in [0.1, 0.15) is 54.9 Å². The predicted octanol–water partition coefficient (Wildman–Crippen LogP) is 5.08. The van der Waals surface area contributed by atoms with E-state index in [0.717, 1.165) is 11.8 Å². The summed E-state index contributed by atoms with van der Waals surface area (Å²) in [5, 5.41) is 0. The van der Waals surface area contributed by atoms with Crippen LogP contribution in [0.5, 0.6) is 0 Å². The Morgan fingerprint density at radius 1 is 0.923 bits per heavy atom. The molecule has 0 aliphatic carbocycles. The lowest BCUT2D eigenvalue weighted by Crippen LogP contribution is -1.77. The minimum atomic E-state index is 0.833. The molecule has 0 N–H and O–H groups in total. The molecule has 0 aromatic rings. The minimum absolute atomic E-state index is 0.833. The van der Waals surface area contributed by atoms with Crippen molar-refractivity contribution in [2.45, 2.75) is 54.9 Å². The minimum Gasteiger partial charge on any atom is -0.166 e. The summed E-state index contributed by atoms with van der Waals surface area (Å²) in [5.41, 5.74) is 0. The summed E-state index contributed by atoms with van der Waals surface area (Å²) < 4.78 is 0. The molecule has 1 heteroatoms. The summed E-state index contributed by atoms with van der Waals surface area (Å²) in [5.74, 6) is 2.95. The van der Waals surface area contributed by atoms with Crippen molar-refractivity contribution in [1.29, 1.82) is 0 Å². The van der Waals surface area contributed by atoms with Crippen molar-refractivity contribution in [2.24, 2.45) is 11.8 Å². The Balaban J connectivity index is -0.000000117. The standard InChI is InChI=1S/C5H12.C4H10.C3H8S/c1-4-5(2)3;1-4(2)3;1-3-4-2/h5H,4H2,1-3H3;4H,1-3H3;3H2,1-2H3. The lowest BCUT2D eigenvalue weighted by Gasteiger charge is -1.90. The topological polar surface area (TPSA) is 0 Å². The van der Waals surface area contributed by atoms with Crippen LogP contribution in [-0.4, -0.2) is 12.0 Å². The molecular formula is C12H30S. The van der Waals surface area contributed by atoms with Crippen LogP contribution in [0, 0.1) is 11.8 Å². The maximum absolute atomic E-state index is 2.22. The smallest absolute Gasteiger partial charge is 0.00988 e. The second-order valence-electron chi connectivity index (χ2n) is 4.11. The molecule has 0 aromatic heterocycles. The average Bonchev–Trinajstić information content (AvgIpc) is 2.04. The lowest BCUT2D eigenvalue weighted by atomic mass is 10.2. The third-order valence-electron chi connectivity index (χ3n) is 1.11. The molecule has 0 unspecified atom stereocenters.